The second-order valence-electron chi connectivity index (χ2n) is 3.96. The quantitative estimate of drug-likeness (QED) is 0.828. The summed E-state index contributed by atoms with van der Waals surface area (Å²) in [7, 11) is 0. The summed E-state index contributed by atoms with van der Waals surface area (Å²) in [5.41, 5.74) is 0.304. The van der Waals surface area contributed by atoms with Crippen molar-refractivity contribution >= 4 is 17.3 Å². The van der Waals surface area contributed by atoms with E-state index in [2.05, 4.69) is 22.4 Å². The lowest BCUT2D eigenvalue weighted by atomic mass is 10.2. The number of aromatic nitrogens is 2. The zero-order chi connectivity index (χ0) is 10.8. The van der Waals surface area contributed by atoms with Crippen molar-refractivity contribution in [2.24, 2.45) is 5.92 Å². The Bertz CT molecular complexity index is 404. The predicted octanol–water partition coefficient (Wildman–Crippen LogP) is 2.02. The minimum Gasteiger partial charge on any atom is -0.379 e. The molecule has 1 fully saturated rings. The van der Waals surface area contributed by atoms with Crippen molar-refractivity contribution in [2.75, 3.05) is 5.32 Å². The maximum absolute atomic E-state index is 11.2. The van der Waals surface area contributed by atoms with Gasteiger partial charge in [0.05, 0.1) is 11.9 Å². The van der Waals surface area contributed by atoms with Crippen molar-refractivity contribution in [3.63, 3.8) is 0 Å². The van der Waals surface area contributed by atoms with Gasteiger partial charge in [-0.1, -0.05) is 24.9 Å². The van der Waals surface area contributed by atoms with Crippen LogP contribution in [0.2, 0.25) is 5.02 Å². The zero-order valence-electron chi connectivity index (χ0n) is 8.59. The van der Waals surface area contributed by atoms with E-state index in [4.69, 9.17) is 11.6 Å². The van der Waals surface area contributed by atoms with E-state index in [0.29, 0.717) is 11.7 Å². The molecule has 2 rings (SSSR count). The first-order valence-electron chi connectivity index (χ1n) is 5.22. The van der Waals surface area contributed by atoms with Crippen molar-refractivity contribution in [1.29, 1.82) is 0 Å². The van der Waals surface area contributed by atoms with Crippen molar-refractivity contribution < 1.29 is 0 Å². The van der Waals surface area contributed by atoms with Crippen molar-refractivity contribution in [2.45, 2.75) is 32.2 Å². The summed E-state index contributed by atoms with van der Waals surface area (Å²) >= 11 is 5.84. The highest BCUT2D eigenvalue weighted by Crippen LogP contribution is 2.37. The van der Waals surface area contributed by atoms with Gasteiger partial charge in [0.25, 0.3) is 5.56 Å². The molecule has 1 saturated carbocycles. The SMILES string of the molecule is CCC[C@H]1C[C@H]1Nc1cn[nH]c(=O)c1Cl. The van der Waals surface area contributed by atoms with Gasteiger partial charge in [-0.15, -0.1) is 0 Å². The monoisotopic (exact) mass is 227 g/mol. The van der Waals surface area contributed by atoms with E-state index >= 15 is 0 Å². The molecule has 1 aromatic rings. The number of nitrogens with zero attached hydrogens (tertiary/aromatic N) is 1. The maximum Gasteiger partial charge on any atom is 0.285 e. The van der Waals surface area contributed by atoms with Crippen LogP contribution in [0.1, 0.15) is 26.2 Å². The number of anilines is 1. The van der Waals surface area contributed by atoms with Gasteiger partial charge in [0, 0.05) is 6.04 Å². The molecule has 5 heteroatoms. The smallest absolute Gasteiger partial charge is 0.285 e. The molecule has 0 radical (unpaired) electrons. The summed E-state index contributed by atoms with van der Waals surface area (Å²) in [5, 5.41) is 9.45. The normalized spacial score (nSPS) is 23.9. The minimum absolute atomic E-state index is 0.201. The van der Waals surface area contributed by atoms with Crippen LogP contribution in [0.25, 0.3) is 0 Å². The minimum atomic E-state index is -0.339. The summed E-state index contributed by atoms with van der Waals surface area (Å²) in [5.74, 6) is 0.727. The average molecular weight is 228 g/mol. The Morgan fingerprint density at radius 1 is 1.73 bits per heavy atom. The number of aromatic amines is 1. The van der Waals surface area contributed by atoms with Crippen LogP contribution in [0.3, 0.4) is 0 Å². The number of rotatable bonds is 4. The van der Waals surface area contributed by atoms with E-state index in [1.54, 1.807) is 6.20 Å². The van der Waals surface area contributed by atoms with E-state index in [-0.39, 0.29) is 10.6 Å². The molecule has 0 amide bonds. The fraction of sp³-hybridized carbons (Fsp3) is 0.600. The van der Waals surface area contributed by atoms with Gasteiger partial charge in [-0.3, -0.25) is 4.79 Å². The third-order valence-electron chi connectivity index (χ3n) is 2.72. The van der Waals surface area contributed by atoms with Crippen LogP contribution in [-0.4, -0.2) is 16.2 Å². The fourth-order valence-electron chi connectivity index (χ4n) is 1.80. The molecule has 0 aromatic carbocycles. The van der Waals surface area contributed by atoms with Gasteiger partial charge >= 0.3 is 0 Å². The predicted molar refractivity (Wildman–Crippen MR) is 60.3 cm³/mol. The molecule has 15 heavy (non-hydrogen) atoms. The summed E-state index contributed by atoms with van der Waals surface area (Å²) in [4.78, 5) is 11.2. The largest absolute Gasteiger partial charge is 0.379 e. The molecule has 1 heterocycles. The first kappa shape index (κ1) is 10.5. The molecule has 1 aliphatic rings. The number of nitrogens with one attached hydrogen (secondary N) is 2. The van der Waals surface area contributed by atoms with Crippen LogP contribution in [0.5, 0.6) is 0 Å². The first-order chi connectivity index (χ1) is 7.22. The topological polar surface area (TPSA) is 57.8 Å². The van der Waals surface area contributed by atoms with Crippen LogP contribution in [0, 0.1) is 5.92 Å². The highest BCUT2D eigenvalue weighted by molar-refractivity contribution is 6.32. The highest BCUT2D eigenvalue weighted by Gasteiger charge is 2.36. The summed E-state index contributed by atoms with van der Waals surface area (Å²) in [6, 6.07) is 0.464. The molecule has 0 bridgehead atoms. The molecular weight excluding hydrogens is 214 g/mol. The van der Waals surface area contributed by atoms with Crippen LogP contribution < -0.4 is 10.9 Å². The zero-order valence-corrected chi connectivity index (χ0v) is 9.34. The van der Waals surface area contributed by atoms with E-state index in [1.807, 2.05) is 0 Å². The van der Waals surface area contributed by atoms with E-state index in [0.717, 1.165) is 12.3 Å². The second-order valence-corrected chi connectivity index (χ2v) is 4.34. The number of hydrogen-bond donors (Lipinski definition) is 2. The van der Waals surface area contributed by atoms with E-state index in [9.17, 15) is 4.79 Å². The second kappa shape index (κ2) is 4.23. The van der Waals surface area contributed by atoms with Crippen molar-refractivity contribution in [3.8, 4) is 0 Å². The molecule has 0 spiro atoms. The molecule has 82 valence electrons. The van der Waals surface area contributed by atoms with Gasteiger partial charge in [-0.2, -0.15) is 5.10 Å². The molecule has 0 unspecified atom stereocenters. The lowest BCUT2D eigenvalue weighted by Gasteiger charge is -2.05. The van der Waals surface area contributed by atoms with Gasteiger partial charge in [0.2, 0.25) is 0 Å². The lowest BCUT2D eigenvalue weighted by Crippen LogP contribution is -2.13. The van der Waals surface area contributed by atoms with Crippen molar-refractivity contribution in [1.82, 2.24) is 10.2 Å². The van der Waals surface area contributed by atoms with Gasteiger partial charge in [0.15, 0.2) is 0 Å². The summed E-state index contributed by atoms with van der Waals surface area (Å²) < 4.78 is 0. The highest BCUT2D eigenvalue weighted by atomic mass is 35.5. The Morgan fingerprint density at radius 2 is 2.53 bits per heavy atom. The van der Waals surface area contributed by atoms with Gasteiger partial charge in [-0.05, 0) is 18.8 Å². The lowest BCUT2D eigenvalue weighted by molar-refractivity contribution is 0.692. The number of H-pyrrole nitrogens is 1. The van der Waals surface area contributed by atoms with Gasteiger partial charge < -0.3 is 5.32 Å². The van der Waals surface area contributed by atoms with Gasteiger partial charge in [0.1, 0.15) is 5.02 Å². The van der Waals surface area contributed by atoms with Crippen molar-refractivity contribution in [3.05, 3.63) is 21.6 Å². The summed E-state index contributed by atoms with van der Waals surface area (Å²) in [6.07, 6.45) is 5.15. The fourth-order valence-corrected chi connectivity index (χ4v) is 1.94. The van der Waals surface area contributed by atoms with Gasteiger partial charge in [-0.25, -0.2) is 5.10 Å². The van der Waals surface area contributed by atoms with Crippen LogP contribution >= 0.6 is 11.6 Å². The van der Waals surface area contributed by atoms with E-state index < -0.39 is 0 Å². The first-order valence-corrected chi connectivity index (χ1v) is 5.60. The number of hydrogen-bond acceptors (Lipinski definition) is 3. The molecule has 0 saturated heterocycles. The third-order valence-corrected chi connectivity index (χ3v) is 3.09. The van der Waals surface area contributed by atoms with Crippen LogP contribution in [0.15, 0.2) is 11.0 Å². The number of halogens is 1. The Labute approximate surface area is 93.0 Å². The Hall–Kier alpha value is -1.03. The van der Waals surface area contributed by atoms with E-state index in [1.165, 1.54) is 12.8 Å². The Kier molecular flexibility index (Phi) is 2.95. The standard InChI is InChI=1S/C10H14ClN3O/c1-2-3-6-4-7(6)13-8-5-12-14-10(15)9(8)11/h5-7H,2-4H2,1H3,(H2,13,14,15)/t6-,7+/m0/s1. The van der Waals surface area contributed by atoms with Crippen LogP contribution in [-0.2, 0) is 0 Å². The molecule has 1 aromatic heterocycles. The third kappa shape index (κ3) is 2.31. The average Bonchev–Trinajstić information content (AvgIpc) is 2.93. The summed E-state index contributed by atoms with van der Waals surface area (Å²) in [6.45, 7) is 2.18. The molecule has 2 atom stereocenters. The molecule has 0 aliphatic heterocycles. The Balaban J connectivity index is 2.01. The molecular formula is C10H14ClN3O. The Morgan fingerprint density at radius 3 is 3.27 bits per heavy atom. The molecule has 1 aliphatic carbocycles. The maximum atomic E-state index is 11.2. The molecule has 4 nitrogen and oxygen atoms in total. The van der Waals surface area contributed by atoms with Crippen LogP contribution in [0.4, 0.5) is 5.69 Å². The molecule has 2 N–H and O–H groups in total.